The molecule has 0 radical (unpaired) electrons. The number of nitrogens with one attached hydrogen (secondary N) is 1. The van der Waals surface area contributed by atoms with E-state index >= 15 is 0 Å². The fraction of sp³-hybridized carbons (Fsp3) is 0.500. The molecule has 0 saturated carbocycles. The van der Waals surface area contributed by atoms with Gasteiger partial charge in [-0.05, 0) is 35.4 Å². The van der Waals surface area contributed by atoms with Gasteiger partial charge in [0.15, 0.2) is 0 Å². The van der Waals surface area contributed by atoms with Crippen molar-refractivity contribution < 1.29 is 0 Å². The third kappa shape index (κ3) is 3.90. The first-order valence-corrected chi connectivity index (χ1v) is 8.04. The molecule has 2 rings (SSSR count). The summed E-state index contributed by atoms with van der Waals surface area (Å²) in [7, 11) is 0. The minimum Gasteiger partial charge on any atom is -0.311 e. The standard InChI is InChI=1S/C14H20N2S2/c1-14(2,3)13-16-12(10-18-13)8-15-6-4-11-5-7-17-9-11/h5,7,9-10,15H,4,6,8H2,1-3H3. The second-order valence-corrected chi connectivity index (χ2v) is 7.09. The zero-order chi connectivity index (χ0) is 13.0. The van der Waals surface area contributed by atoms with Crippen LogP contribution in [0.2, 0.25) is 0 Å². The van der Waals surface area contributed by atoms with E-state index in [4.69, 9.17) is 0 Å². The second kappa shape index (κ2) is 5.95. The summed E-state index contributed by atoms with van der Waals surface area (Å²) in [6.07, 6.45) is 1.10. The summed E-state index contributed by atoms with van der Waals surface area (Å²) in [5.74, 6) is 0. The van der Waals surface area contributed by atoms with Crippen molar-refractivity contribution in [3.8, 4) is 0 Å². The molecule has 0 bridgehead atoms. The van der Waals surface area contributed by atoms with Gasteiger partial charge in [-0.25, -0.2) is 4.98 Å². The van der Waals surface area contributed by atoms with Crippen LogP contribution >= 0.6 is 22.7 Å². The van der Waals surface area contributed by atoms with Gasteiger partial charge in [0, 0.05) is 17.3 Å². The highest BCUT2D eigenvalue weighted by Crippen LogP contribution is 2.25. The van der Waals surface area contributed by atoms with Crippen molar-refractivity contribution in [2.24, 2.45) is 0 Å². The van der Waals surface area contributed by atoms with Crippen LogP contribution in [0.4, 0.5) is 0 Å². The highest BCUT2D eigenvalue weighted by atomic mass is 32.1. The molecular weight excluding hydrogens is 260 g/mol. The fourth-order valence-electron chi connectivity index (χ4n) is 1.62. The van der Waals surface area contributed by atoms with Crippen LogP contribution in [0.25, 0.3) is 0 Å². The van der Waals surface area contributed by atoms with Crippen molar-refractivity contribution in [3.63, 3.8) is 0 Å². The molecule has 2 aromatic rings. The van der Waals surface area contributed by atoms with Gasteiger partial charge in [-0.1, -0.05) is 20.8 Å². The number of thiazole rings is 1. The molecule has 4 heteroatoms. The van der Waals surface area contributed by atoms with Gasteiger partial charge >= 0.3 is 0 Å². The fourth-order valence-corrected chi connectivity index (χ4v) is 3.23. The molecule has 0 atom stereocenters. The topological polar surface area (TPSA) is 24.9 Å². The highest BCUT2D eigenvalue weighted by Gasteiger charge is 2.17. The van der Waals surface area contributed by atoms with Gasteiger partial charge in [0.25, 0.3) is 0 Å². The van der Waals surface area contributed by atoms with E-state index in [1.807, 2.05) is 0 Å². The molecular formula is C14H20N2S2. The molecule has 0 spiro atoms. The average molecular weight is 280 g/mol. The summed E-state index contributed by atoms with van der Waals surface area (Å²) in [5.41, 5.74) is 2.75. The van der Waals surface area contributed by atoms with Gasteiger partial charge in [-0.3, -0.25) is 0 Å². The smallest absolute Gasteiger partial charge is 0.0982 e. The van der Waals surface area contributed by atoms with E-state index in [9.17, 15) is 0 Å². The molecule has 18 heavy (non-hydrogen) atoms. The lowest BCUT2D eigenvalue weighted by Crippen LogP contribution is -2.17. The van der Waals surface area contributed by atoms with Gasteiger partial charge < -0.3 is 5.32 Å². The maximum absolute atomic E-state index is 4.67. The van der Waals surface area contributed by atoms with Crippen molar-refractivity contribution in [2.75, 3.05) is 6.54 Å². The average Bonchev–Trinajstić information content (AvgIpc) is 2.95. The van der Waals surface area contributed by atoms with Crippen molar-refractivity contribution in [3.05, 3.63) is 38.5 Å². The Kier molecular flexibility index (Phi) is 4.54. The Hall–Kier alpha value is -0.710. The Morgan fingerprint density at radius 3 is 2.72 bits per heavy atom. The van der Waals surface area contributed by atoms with Crippen LogP contribution in [0.15, 0.2) is 22.2 Å². The normalized spacial score (nSPS) is 11.9. The number of nitrogens with zero attached hydrogens (tertiary/aromatic N) is 1. The SMILES string of the molecule is CC(C)(C)c1nc(CNCCc2ccsc2)cs1. The van der Waals surface area contributed by atoms with E-state index in [-0.39, 0.29) is 5.41 Å². The van der Waals surface area contributed by atoms with Crippen LogP contribution in [-0.4, -0.2) is 11.5 Å². The molecule has 0 fully saturated rings. The van der Waals surface area contributed by atoms with Crippen LogP contribution in [0.1, 0.15) is 37.0 Å². The molecule has 2 nitrogen and oxygen atoms in total. The van der Waals surface area contributed by atoms with E-state index in [1.54, 1.807) is 22.7 Å². The lowest BCUT2D eigenvalue weighted by Gasteiger charge is -2.13. The molecule has 0 unspecified atom stereocenters. The van der Waals surface area contributed by atoms with E-state index < -0.39 is 0 Å². The van der Waals surface area contributed by atoms with Gasteiger partial charge in [-0.2, -0.15) is 11.3 Å². The highest BCUT2D eigenvalue weighted by molar-refractivity contribution is 7.09. The Morgan fingerprint density at radius 1 is 1.28 bits per heavy atom. The molecule has 2 aromatic heterocycles. The Morgan fingerprint density at radius 2 is 2.11 bits per heavy atom. The Bertz CT molecular complexity index is 466. The van der Waals surface area contributed by atoms with Crippen LogP contribution in [0, 0.1) is 0 Å². The zero-order valence-corrected chi connectivity index (χ0v) is 12.8. The first-order valence-electron chi connectivity index (χ1n) is 6.22. The molecule has 2 heterocycles. The lowest BCUT2D eigenvalue weighted by molar-refractivity contribution is 0.579. The van der Waals surface area contributed by atoms with Crippen molar-refractivity contribution in [2.45, 2.75) is 39.2 Å². The predicted molar refractivity (Wildman–Crippen MR) is 80.5 cm³/mol. The Labute approximate surface area is 117 Å². The zero-order valence-electron chi connectivity index (χ0n) is 11.2. The summed E-state index contributed by atoms with van der Waals surface area (Å²) < 4.78 is 0. The van der Waals surface area contributed by atoms with Crippen LogP contribution < -0.4 is 5.32 Å². The molecule has 98 valence electrons. The first kappa shape index (κ1) is 13.7. The van der Waals surface area contributed by atoms with Crippen molar-refractivity contribution in [1.29, 1.82) is 0 Å². The van der Waals surface area contributed by atoms with Gasteiger partial charge in [0.1, 0.15) is 0 Å². The molecule has 0 saturated heterocycles. The van der Waals surface area contributed by atoms with Crippen LogP contribution in [-0.2, 0) is 18.4 Å². The maximum Gasteiger partial charge on any atom is 0.0982 e. The summed E-state index contributed by atoms with van der Waals surface area (Å²) >= 11 is 3.52. The summed E-state index contributed by atoms with van der Waals surface area (Å²) in [5, 5.41) is 11.2. The first-order chi connectivity index (χ1) is 8.55. The van der Waals surface area contributed by atoms with Crippen molar-refractivity contribution in [1.82, 2.24) is 10.3 Å². The largest absolute Gasteiger partial charge is 0.311 e. The third-order valence-electron chi connectivity index (χ3n) is 2.67. The summed E-state index contributed by atoms with van der Waals surface area (Å²) in [6, 6.07) is 2.19. The summed E-state index contributed by atoms with van der Waals surface area (Å²) in [6.45, 7) is 8.51. The molecule has 1 N–H and O–H groups in total. The summed E-state index contributed by atoms with van der Waals surface area (Å²) in [4.78, 5) is 4.67. The van der Waals surface area contributed by atoms with E-state index in [1.165, 1.54) is 10.6 Å². The number of rotatable bonds is 5. The molecule has 0 amide bonds. The van der Waals surface area contributed by atoms with Gasteiger partial charge in [0.2, 0.25) is 0 Å². The van der Waals surface area contributed by atoms with Gasteiger partial charge in [0.05, 0.1) is 10.7 Å². The number of hydrogen-bond donors (Lipinski definition) is 1. The number of thiophene rings is 1. The molecule has 0 aromatic carbocycles. The molecule has 0 aliphatic heterocycles. The molecule has 0 aliphatic rings. The van der Waals surface area contributed by atoms with Crippen LogP contribution in [0.3, 0.4) is 0 Å². The third-order valence-corrected chi connectivity index (χ3v) is 4.72. The van der Waals surface area contributed by atoms with E-state index in [0.717, 1.165) is 25.2 Å². The second-order valence-electron chi connectivity index (χ2n) is 5.45. The minimum absolute atomic E-state index is 0.166. The lowest BCUT2D eigenvalue weighted by atomic mass is 9.98. The van der Waals surface area contributed by atoms with Crippen molar-refractivity contribution >= 4 is 22.7 Å². The molecule has 0 aliphatic carbocycles. The minimum atomic E-state index is 0.166. The predicted octanol–water partition coefficient (Wildman–Crippen LogP) is 3.83. The van der Waals surface area contributed by atoms with E-state index in [0.29, 0.717) is 0 Å². The Balaban J connectivity index is 1.75. The maximum atomic E-state index is 4.67. The van der Waals surface area contributed by atoms with E-state index in [2.05, 4.69) is 53.3 Å². The van der Waals surface area contributed by atoms with Crippen LogP contribution in [0.5, 0.6) is 0 Å². The number of aromatic nitrogens is 1. The number of hydrogen-bond acceptors (Lipinski definition) is 4. The van der Waals surface area contributed by atoms with Gasteiger partial charge in [-0.15, -0.1) is 11.3 Å². The quantitative estimate of drug-likeness (QED) is 0.842. The monoisotopic (exact) mass is 280 g/mol.